The molecule has 0 saturated heterocycles. The van der Waals surface area contributed by atoms with E-state index in [9.17, 15) is 18.0 Å². The van der Waals surface area contributed by atoms with Crippen molar-refractivity contribution in [1.29, 1.82) is 0 Å². The van der Waals surface area contributed by atoms with Crippen molar-refractivity contribution in [2.45, 2.75) is 31.5 Å². The number of carboxylic acids is 1. The quantitative estimate of drug-likeness (QED) is 0.764. The van der Waals surface area contributed by atoms with Crippen molar-refractivity contribution >= 4 is 18.4 Å². The summed E-state index contributed by atoms with van der Waals surface area (Å²) >= 11 is 0. The fraction of sp³-hybridized carbons (Fsp3) is 0.857. The number of hydrogen-bond acceptors (Lipinski definition) is 2. The van der Waals surface area contributed by atoms with Gasteiger partial charge in [-0.2, -0.15) is 13.2 Å². The first-order chi connectivity index (χ1) is 5.87. The lowest BCUT2D eigenvalue weighted by molar-refractivity contribution is -0.143. The SMILES string of the molecule is CN[C@@H](CCCC(F)(F)F)C(=O)O.Cl. The Hall–Kier alpha value is -0.490. The predicted octanol–water partition coefficient (Wildman–Crippen LogP) is 1.81. The standard InChI is InChI=1S/C7H12F3NO2.ClH/c1-11-5(6(12)13)3-2-4-7(8,9)10;/h5,11H,2-4H2,1H3,(H,12,13);1H/t5-;/m0./s1. The first-order valence-corrected chi connectivity index (χ1v) is 3.83. The molecule has 0 spiro atoms. The lowest BCUT2D eigenvalue weighted by Crippen LogP contribution is -2.33. The molecule has 0 aliphatic carbocycles. The zero-order valence-electron chi connectivity index (χ0n) is 7.60. The van der Waals surface area contributed by atoms with Crippen LogP contribution in [0.3, 0.4) is 0 Å². The van der Waals surface area contributed by atoms with E-state index in [2.05, 4.69) is 5.32 Å². The molecule has 0 amide bonds. The second-order valence-electron chi connectivity index (χ2n) is 2.69. The fourth-order valence-corrected chi connectivity index (χ4v) is 0.898. The number of carboxylic acid groups (broad SMARTS) is 1. The van der Waals surface area contributed by atoms with Crippen LogP contribution in [0.1, 0.15) is 19.3 Å². The third-order valence-electron chi connectivity index (χ3n) is 1.60. The topological polar surface area (TPSA) is 49.3 Å². The number of likely N-dealkylation sites (N-methyl/N-ethyl adjacent to an activating group) is 1. The highest BCUT2D eigenvalue weighted by molar-refractivity contribution is 5.85. The highest BCUT2D eigenvalue weighted by Crippen LogP contribution is 2.22. The molecule has 0 rings (SSSR count). The molecule has 0 aromatic carbocycles. The van der Waals surface area contributed by atoms with Gasteiger partial charge in [0.05, 0.1) is 0 Å². The molecule has 0 fully saturated rings. The van der Waals surface area contributed by atoms with Crippen LogP contribution in [0.25, 0.3) is 0 Å². The fourth-order valence-electron chi connectivity index (χ4n) is 0.898. The lowest BCUT2D eigenvalue weighted by atomic mass is 10.1. The average Bonchev–Trinajstić information content (AvgIpc) is 1.95. The maximum atomic E-state index is 11.6. The molecule has 0 saturated carbocycles. The predicted molar refractivity (Wildman–Crippen MR) is 47.6 cm³/mol. The number of alkyl halides is 3. The molecule has 0 aromatic heterocycles. The molecule has 3 nitrogen and oxygen atoms in total. The van der Waals surface area contributed by atoms with Crippen LogP contribution in [0.5, 0.6) is 0 Å². The highest BCUT2D eigenvalue weighted by atomic mass is 35.5. The maximum Gasteiger partial charge on any atom is 0.389 e. The van der Waals surface area contributed by atoms with E-state index < -0.39 is 24.6 Å². The zero-order chi connectivity index (χ0) is 10.5. The van der Waals surface area contributed by atoms with E-state index in [1.165, 1.54) is 7.05 Å². The molecule has 0 aliphatic rings. The van der Waals surface area contributed by atoms with Crippen LogP contribution in [0.15, 0.2) is 0 Å². The molecular formula is C7H13ClF3NO2. The van der Waals surface area contributed by atoms with Crippen molar-refractivity contribution in [1.82, 2.24) is 5.32 Å². The molecule has 0 aromatic rings. The minimum absolute atomic E-state index is 0. The summed E-state index contributed by atoms with van der Waals surface area (Å²) in [5, 5.41) is 10.9. The van der Waals surface area contributed by atoms with Gasteiger partial charge in [-0.15, -0.1) is 12.4 Å². The van der Waals surface area contributed by atoms with Crippen LogP contribution < -0.4 is 5.32 Å². The van der Waals surface area contributed by atoms with Gasteiger partial charge in [-0.25, -0.2) is 0 Å². The zero-order valence-corrected chi connectivity index (χ0v) is 8.41. The van der Waals surface area contributed by atoms with Gasteiger partial charge in [-0.1, -0.05) is 0 Å². The smallest absolute Gasteiger partial charge is 0.389 e. The second kappa shape index (κ2) is 6.89. The Labute approximate surface area is 86.1 Å². The summed E-state index contributed by atoms with van der Waals surface area (Å²) < 4.78 is 34.9. The summed E-state index contributed by atoms with van der Waals surface area (Å²) in [6, 6.07) is -0.887. The monoisotopic (exact) mass is 235 g/mol. The first-order valence-electron chi connectivity index (χ1n) is 3.83. The van der Waals surface area contributed by atoms with Gasteiger partial charge in [0, 0.05) is 6.42 Å². The Balaban J connectivity index is 0. The van der Waals surface area contributed by atoms with Crippen molar-refractivity contribution in [3.8, 4) is 0 Å². The number of halogens is 4. The average molecular weight is 236 g/mol. The van der Waals surface area contributed by atoms with Crippen LogP contribution in [0.2, 0.25) is 0 Å². The largest absolute Gasteiger partial charge is 0.480 e. The Morgan fingerprint density at radius 3 is 2.29 bits per heavy atom. The molecule has 0 unspecified atom stereocenters. The molecule has 0 heterocycles. The minimum Gasteiger partial charge on any atom is -0.480 e. The summed E-state index contributed by atoms with van der Waals surface area (Å²) in [5.74, 6) is -1.12. The van der Waals surface area contributed by atoms with Crippen molar-refractivity contribution in [2.24, 2.45) is 0 Å². The van der Waals surface area contributed by atoms with E-state index in [4.69, 9.17) is 5.11 Å². The van der Waals surface area contributed by atoms with Gasteiger partial charge in [0.2, 0.25) is 0 Å². The second-order valence-corrected chi connectivity index (χ2v) is 2.69. The van der Waals surface area contributed by atoms with E-state index in [0.717, 1.165) is 0 Å². The van der Waals surface area contributed by atoms with Gasteiger partial charge in [0.15, 0.2) is 0 Å². The molecule has 0 radical (unpaired) electrons. The number of rotatable bonds is 5. The third kappa shape index (κ3) is 8.12. The van der Waals surface area contributed by atoms with Crippen LogP contribution in [0.4, 0.5) is 13.2 Å². The first kappa shape index (κ1) is 16.0. The van der Waals surface area contributed by atoms with Crippen molar-refractivity contribution in [3.63, 3.8) is 0 Å². The normalized spacial score (nSPS) is 13.1. The number of hydrogen-bond donors (Lipinski definition) is 2. The van der Waals surface area contributed by atoms with E-state index >= 15 is 0 Å². The van der Waals surface area contributed by atoms with Crippen molar-refractivity contribution < 1.29 is 23.1 Å². The molecule has 0 aliphatic heterocycles. The van der Waals surface area contributed by atoms with Gasteiger partial charge in [-0.3, -0.25) is 4.79 Å². The van der Waals surface area contributed by atoms with Gasteiger partial charge in [0.1, 0.15) is 6.04 Å². The van der Waals surface area contributed by atoms with E-state index in [1.807, 2.05) is 0 Å². The molecular weight excluding hydrogens is 223 g/mol. The van der Waals surface area contributed by atoms with Gasteiger partial charge in [-0.05, 0) is 19.9 Å². The van der Waals surface area contributed by atoms with Crippen LogP contribution in [-0.4, -0.2) is 30.3 Å². The maximum absolute atomic E-state index is 11.6. The van der Waals surface area contributed by atoms with E-state index in [1.54, 1.807) is 0 Å². The number of aliphatic carboxylic acids is 1. The molecule has 2 N–H and O–H groups in total. The Morgan fingerprint density at radius 2 is 2.00 bits per heavy atom. The molecule has 7 heteroatoms. The molecule has 86 valence electrons. The number of carbonyl (C=O) groups is 1. The highest BCUT2D eigenvalue weighted by Gasteiger charge is 2.27. The molecule has 1 atom stereocenters. The summed E-state index contributed by atoms with van der Waals surface area (Å²) in [4.78, 5) is 10.3. The van der Waals surface area contributed by atoms with Crippen LogP contribution >= 0.6 is 12.4 Å². The van der Waals surface area contributed by atoms with Gasteiger partial charge >= 0.3 is 12.1 Å². The van der Waals surface area contributed by atoms with Gasteiger partial charge in [0.25, 0.3) is 0 Å². The summed E-state index contributed by atoms with van der Waals surface area (Å²) in [7, 11) is 1.41. The third-order valence-corrected chi connectivity index (χ3v) is 1.60. The lowest BCUT2D eigenvalue weighted by Gasteiger charge is -2.11. The van der Waals surface area contributed by atoms with E-state index in [0.29, 0.717) is 0 Å². The summed E-state index contributed by atoms with van der Waals surface area (Å²) in [6.07, 6.45) is -5.30. The van der Waals surface area contributed by atoms with Crippen LogP contribution in [-0.2, 0) is 4.79 Å². The molecule has 14 heavy (non-hydrogen) atoms. The van der Waals surface area contributed by atoms with Gasteiger partial charge < -0.3 is 10.4 Å². The van der Waals surface area contributed by atoms with Crippen molar-refractivity contribution in [3.05, 3.63) is 0 Å². The summed E-state index contributed by atoms with van der Waals surface area (Å²) in [5.41, 5.74) is 0. The summed E-state index contributed by atoms with van der Waals surface area (Å²) in [6.45, 7) is 0. The Bertz CT molecular complexity index is 175. The van der Waals surface area contributed by atoms with Crippen LogP contribution in [0, 0.1) is 0 Å². The van der Waals surface area contributed by atoms with Crippen molar-refractivity contribution in [2.75, 3.05) is 7.05 Å². The minimum atomic E-state index is -4.20. The Kier molecular flexibility index (Phi) is 7.85. The van der Waals surface area contributed by atoms with E-state index in [-0.39, 0.29) is 25.2 Å². The number of nitrogens with one attached hydrogen (secondary N) is 1. The molecule has 0 bridgehead atoms. The Morgan fingerprint density at radius 1 is 1.50 bits per heavy atom.